The van der Waals surface area contributed by atoms with E-state index in [4.69, 9.17) is 0 Å². The Kier molecular flexibility index (Phi) is 5.75. The number of hydrogen-bond donors (Lipinski definition) is 3. The zero-order valence-electron chi connectivity index (χ0n) is 12.0. The van der Waals surface area contributed by atoms with Crippen LogP contribution in [0.5, 0.6) is 0 Å². The molecule has 0 bridgehead atoms. The van der Waals surface area contributed by atoms with E-state index in [1.54, 1.807) is 0 Å². The van der Waals surface area contributed by atoms with Crippen LogP contribution >= 0.6 is 0 Å². The van der Waals surface area contributed by atoms with Crippen molar-refractivity contribution in [1.82, 2.24) is 4.72 Å². The molecule has 1 aliphatic rings. The molecule has 3 N–H and O–H groups in total. The van der Waals surface area contributed by atoms with Gasteiger partial charge in [-0.2, -0.15) is 0 Å². The summed E-state index contributed by atoms with van der Waals surface area (Å²) < 4.78 is 26.4. The van der Waals surface area contributed by atoms with Crippen LogP contribution < -0.4 is 4.72 Å². The fourth-order valence-corrected chi connectivity index (χ4v) is 3.85. The van der Waals surface area contributed by atoms with Crippen LogP contribution in [0.3, 0.4) is 0 Å². The number of aliphatic hydroxyl groups excluding tert-OH is 2. The summed E-state index contributed by atoms with van der Waals surface area (Å²) in [6.45, 7) is 0.200. The molecule has 1 aliphatic carbocycles. The molecule has 1 fully saturated rings. The predicted octanol–water partition coefficient (Wildman–Crippen LogP) is 0.670. The summed E-state index contributed by atoms with van der Waals surface area (Å²) >= 11 is 0. The molecule has 5 nitrogen and oxygen atoms in total. The number of nitrogens with one attached hydrogen (secondary N) is 1. The molecule has 6 heteroatoms. The van der Waals surface area contributed by atoms with Gasteiger partial charge in [0, 0.05) is 12.5 Å². The molecule has 0 saturated heterocycles. The lowest BCUT2D eigenvalue weighted by Crippen LogP contribution is -2.34. The molecule has 3 atom stereocenters. The Balaban J connectivity index is 1.72. The van der Waals surface area contributed by atoms with Gasteiger partial charge in [0.15, 0.2) is 0 Å². The van der Waals surface area contributed by atoms with Gasteiger partial charge < -0.3 is 10.2 Å². The molecule has 0 spiro atoms. The fraction of sp³-hybridized carbons (Fsp3) is 0.600. The van der Waals surface area contributed by atoms with Crippen molar-refractivity contribution in [1.29, 1.82) is 0 Å². The molecular weight excluding hydrogens is 290 g/mol. The van der Waals surface area contributed by atoms with Crippen molar-refractivity contribution in [3.8, 4) is 0 Å². The van der Waals surface area contributed by atoms with Crippen molar-refractivity contribution < 1.29 is 18.6 Å². The van der Waals surface area contributed by atoms with Gasteiger partial charge in [-0.1, -0.05) is 30.3 Å². The first-order valence-electron chi connectivity index (χ1n) is 7.33. The van der Waals surface area contributed by atoms with Gasteiger partial charge in [0.05, 0.1) is 18.0 Å². The minimum Gasteiger partial charge on any atom is -0.393 e. The number of benzene rings is 1. The highest BCUT2D eigenvalue weighted by atomic mass is 32.2. The van der Waals surface area contributed by atoms with Crippen molar-refractivity contribution in [3.63, 3.8) is 0 Å². The molecule has 0 aromatic heterocycles. The molecule has 0 radical (unpaired) electrons. The molecule has 1 saturated carbocycles. The average Bonchev–Trinajstić information content (AvgIpc) is 2.76. The molecule has 2 rings (SSSR count). The summed E-state index contributed by atoms with van der Waals surface area (Å²) in [4.78, 5) is 0. The summed E-state index contributed by atoms with van der Waals surface area (Å²) in [5.41, 5.74) is 1.13. The van der Waals surface area contributed by atoms with E-state index in [-0.39, 0.29) is 18.2 Å². The van der Waals surface area contributed by atoms with Crippen LogP contribution in [-0.2, 0) is 16.4 Å². The molecule has 0 heterocycles. The maximum atomic E-state index is 11.9. The number of sulfonamides is 1. The van der Waals surface area contributed by atoms with E-state index < -0.39 is 22.2 Å². The van der Waals surface area contributed by atoms with Gasteiger partial charge >= 0.3 is 0 Å². The monoisotopic (exact) mass is 313 g/mol. The first-order chi connectivity index (χ1) is 9.96. The van der Waals surface area contributed by atoms with Crippen molar-refractivity contribution in [2.45, 2.75) is 37.9 Å². The first-order valence-corrected chi connectivity index (χ1v) is 8.99. The third-order valence-electron chi connectivity index (χ3n) is 3.92. The Labute approximate surface area is 126 Å². The summed E-state index contributed by atoms with van der Waals surface area (Å²) in [7, 11) is -3.32. The number of aliphatic hydroxyl groups is 2. The normalized spacial score (nSPS) is 26.1. The van der Waals surface area contributed by atoms with Gasteiger partial charge in [0.2, 0.25) is 10.0 Å². The van der Waals surface area contributed by atoms with Gasteiger partial charge in [-0.15, -0.1) is 0 Å². The summed E-state index contributed by atoms with van der Waals surface area (Å²) in [6.07, 6.45) is 0.940. The van der Waals surface area contributed by atoms with Gasteiger partial charge in [0.25, 0.3) is 0 Å². The zero-order valence-corrected chi connectivity index (χ0v) is 12.8. The van der Waals surface area contributed by atoms with Crippen molar-refractivity contribution in [3.05, 3.63) is 35.9 Å². The lowest BCUT2D eigenvalue weighted by molar-refractivity contribution is 0.121. The summed E-state index contributed by atoms with van der Waals surface area (Å²) in [5.74, 6) is -0.114. The highest BCUT2D eigenvalue weighted by Gasteiger charge is 2.32. The molecule has 1 aromatic carbocycles. The minimum absolute atomic E-state index is 0.0766. The topological polar surface area (TPSA) is 86.6 Å². The Morgan fingerprint density at radius 3 is 2.48 bits per heavy atom. The van der Waals surface area contributed by atoms with Crippen LogP contribution in [0.15, 0.2) is 30.3 Å². The van der Waals surface area contributed by atoms with Gasteiger partial charge in [-0.25, -0.2) is 13.1 Å². The Hall–Kier alpha value is -0.950. The maximum Gasteiger partial charge on any atom is 0.211 e. The van der Waals surface area contributed by atoms with Crippen LogP contribution in [0, 0.1) is 5.92 Å². The molecule has 118 valence electrons. The lowest BCUT2D eigenvalue weighted by Gasteiger charge is -2.15. The second-order valence-electron chi connectivity index (χ2n) is 5.71. The second kappa shape index (κ2) is 7.35. The van der Waals surface area contributed by atoms with E-state index >= 15 is 0 Å². The van der Waals surface area contributed by atoms with E-state index in [2.05, 4.69) is 4.72 Å². The largest absolute Gasteiger partial charge is 0.393 e. The molecule has 0 amide bonds. The molecule has 1 aromatic rings. The maximum absolute atomic E-state index is 11.9. The molecule has 21 heavy (non-hydrogen) atoms. The van der Waals surface area contributed by atoms with Gasteiger partial charge in [-0.3, -0.25) is 0 Å². The standard InChI is InChI=1S/C15H23NO4S/c17-14-9-13(15(18)10-14)11-16-21(19,20)8-4-7-12-5-2-1-3-6-12/h1-3,5-6,13-18H,4,7-11H2. The highest BCUT2D eigenvalue weighted by Crippen LogP contribution is 2.25. The van der Waals surface area contributed by atoms with Crippen LogP contribution in [-0.4, -0.2) is 43.1 Å². The van der Waals surface area contributed by atoms with Crippen molar-refractivity contribution in [2.24, 2.45) is 5.92 Å². The van der Waals surface area contributed by atoms with Crippen LogP contribution in [0.1, 0.15) is 24.8 Å². The zero-order chi connectivity index (χ0) is 15.3. The Bertz CT molecular complexity index is 532. The predicted molar refractivity (Wildman–Crippen MR) is 81.3 cm³/mol. The number of aryl methyl sites for hydroxylation is 1. The first kappa shape index (κ1) is 16.4. The van der Waals surface area contributed by atoms with E-state index in [9.17, 15) is 18.6 Å². The van der Waals surface area contributed by atoms with E-state index in [0.29, 0.717) is 19.3 Å². The Morgan fingerprint density at radius 2 is 1.86 bits per heavy atom. The quantitative estimate of drug-likeness (QED) is 0.690. The fourth-order valence-electron chi connectivity index (χ4n) is 2.71. The summed E-state index contributed by atoms with van der Waals surface area (Å²) in [5, 5.41) is 19.1. The highest BCUT2D eigenvalue weighted by molar-refractivity contribution is 7.89. The molecular formula is C15H23NO4S. The average molecular weight is 313 g/mol. The minimum atomic E-state index is -3.32. The third kappa shape index (κ3) is 5.39. The van der Waals surface area contributed by atoms with Crippen LogP contribution in [0.4, 0.5) is 0 Å². The number of rotatable bonds is 7. The van der Waals surface area contributed by atoms with E-state index in [1.807, 2.05) is 30.3 Å². The van der Waals surface area contributed by atoms with Gasteiger partial charge in [-0.05, 0) is 31.2 Å². The SMILES string of the molecule is O=S(=O)(CCCc1ccccc1)NCC1CC(O)CC1O. The van der Waals surface area contributed by atoms with E-state index in [1.165, 1.54) is 0 Å². The molecule has 3 unspecified atom stereocenters. The van der Waals surface area contributed by atoms with Crippen molar-refractivity contribution >= 4 is 10.0 Å². The number of hydrogen-bond acceptors (Lipinski definition) is 4. The lowest BCUT2D eigenvalue weighted by atomic mass is 10.1. The third-order valence-corrected chi connectivity index (χ3v) is 5.35. The second-order valence-corrected chi connectivity index (χ2v) is 7.64. The van der Waals surface area contributed by atoms with Crippen LogP contribution in [0.2, 0.25) is 0 Å². The van der Waals surface area contributed by atoms with Crippen molar-refractivity contribution in [2.75, 3.05) is 12.3 Å². The molecule has 0 aliphatic heterocycles. The van der Waals surface area contributed by atoms with Gasteiger partial charge in [0.1, 0.15) is 0 Å². The summed E-state index contributed by atoms with van der Waals surface area (Å²) in [6, 6.07) is 9.78. The van der Waals surface area contributed by atoms with E-state index in [0.717, 1.165) is 12.0 Å². The Morgan fingerprint density at radius 1 is 1.14 bits per heavy atom. The smallest absolute Gasteiger partial charge is 0.211 e. The van der Waals surface area contributed by atoms with Crippen LogP contribution in [0.25, 0.3) is 0 Å².